The van der Waals surface area contributed by atoms with Crippen LogP contribution in [0.5, 0.6) is 0 Å². The predicted octanol–water partition coefficient (Wildman–Crippen LogP) is 4.24. The number of aryl methyl sites for hydroxylation is 3. The number of nitrogens with zero attached hydrogens (tertiary/aromatic N) is 1. The lowest BCUT2D eigenvalue weighted by atomic mass is 9.98. The lowest BCUT2D eigenvalue weighted by molar-refractivity contribution is -0.158. The summed E-state index contributed by atoms with van der Waals surface area (Å²) in [5.41, 5.74) is 3.33. The molecule has 0 radical (unpaired) electrons. The first-order valence-electron chi connectivity index (χ1n) is 10.8. The fourth-order valence-electron chi connectivity index (χ4n) is 3.64. The maximum atomic E-state index is 13.0. The number of rotatable bonds is 6. The van der Waals surface area contributed by atoms with Gasteiger partial charge >= 0.3 is 5.97 Å². The van der Waals surface area contributed by atoms with Crippen molar-refractivity contribution in [3.63, 3.8) is 0 Å². The number of hydrogen-bond donors (Lipinski definition) is 1. The molecule has 9 heteroatoms. The molecule has 1 saturated heterocycles. The lowest BCUT2D eigenvalue weighted by Gasteiger charge is -2.30. The van der Waals surface area contributed by atoms with Gasteiger partial charge in [-0.05, 0) is 81.5 Å². The standard InChI is InChI=1S/C24H29ClN2O5S/c1-15-6-8-21(13-17(15)3)33(30,31)27-11-9-19(10-12-27)24(29)32-18(4)23(28)26-22-14-20(25)7-5-16(22)2/h5-8,13-14,18-19H,9-12H2,1-4H3,(H,26,28). The van der Waals surface area contributed by atoms with Crippen LogP contribution in [0.25, 0.3) is 0 Å². The van der Waals surface area contributed by atoms with Crippen molar-refractivity contribution < 1.29 is 22.7 Å². The third-order valence-corrected chi connectivity index (χ3v) is 8.15. The second-order valence-electron chi connectivity index (χ2n) is 8.45. The number of carbonyl (C=O) groups is 2. The van der Waals surface area contributed by atoms with Gasteiger partial charge in [-0.25, -0.2) is 8.42 Å². The highest BCUT2D eigenvalue weighted by atomic mass is 35.5. The molecule has 1 amide bonds. The molecule has 7 nitrogen and oxygen atoms in total. The third kappa shape index (κ3) is 5.93. The molecule has 1 fully saturated rings. The van der Waals surface area contributed by atoms with Crippen molar-refractivity contribution in [3.8, 4) is 0 Å². The Hall–Kier alpha value is -2.42. The molecule has 178 valence electrons. The van der Waals surface area contributed by atoms with Gasteiger partial charge in [0.1, 0.15) is 0 Å². The van der Waals surface area contributed by atoms with E-state index in [0.717, 1.165) is 16.7 Å². The van der Waals surface area contributed by atoms with E-state index in [9.17, 15) is 18.0 Å². The van der Waals surface area contributed by atoms with E-state index in [1.807, 2.05) is 20.8 Å². The van der Waals surface area contributed by atoms with E-state index in [4.69, 9.17) is 16.3 Å². The average molecular weight is 493 g/mol. The smallest absolute Gasteiger partial charge is 0.309 e. The van der Waals surface area contributed by atoms with Gasteiger partial charge in [0.05, 0.1) is 10.8 Å². The van der Waals surface area contributed by atoms with Crippen molar-refractivity contribution in [3.05, 3.63) is 58.1 Å². The van der Waals surface area contributed by atoms with Gasteiger partial charge in [0.2, 0.25) is 10.0 Å². The second-order valence-corrected chi connectivity index (χ2v) is 10.8. The fraction of sp³-hybridized carbons (Fsp3) is 0.417. The first-order chi connectivity index (χ1) is 15.5. The van der Waals surface area contributed by atoms with E-state index in [-0.39, 0.29) is 18.0 Å². The van der Waals surface area contributed by atoms with Crippen LogP contribution < -0.4 is 5.32 Å². The molecule has 2 aromatic carbocycles. The minimum Gasteiger partial charge on any atom is -0.452 e. The van der Waals surface area contributed by atoms with Gasteiger partial charge in [0.25, 0.3) is 5.91 Å². The summed E-state index contributed by atoms with van der Waals surface area (Å²) in [6.07, 6.45) is -0.317. The molecule has 1 atom stereocenters. The number of anilines is 1. The molecule has 1 aliphatic heterocycles. The van der Waals surface area contributed by atoms with Gasteiger partial charge in [-0.3, -0.25) is 9.59 Å². The minimum absolute atomic E-state index is 0.220. The van der Waals surface area contributed by atoms with Gasteiger partial charge in [-0.1, -0.05) is 23.7 Å². The Morgan fingerprint density at radius 2 is 1.67 bits per heavy atom. The third-order valence-electron chi connectivity index (χ3n) is 6.02. The molecular formula is C24H29ClN2O5S. The monoisotopic (exact) mass is 492 g/mol. The summed E-state index contributed by atoms with van der Waals surface area (Å²) in [6.45, 7) is 7.59. The van der Waals surface area contributed by atoms with Crippen molar-refractivity contribution in [2.24, 2.45) is 5.92 Å². The van der Waals surface area contributed by atoms with Crippen LogP contribution >= 0.6 is 11.6 Å². The number of esters is 1. The second kappa shape index (κ2) is 10.2. The van der Waals surface area contributed by atoms with Crippen molar-refractivity contribution >= 4 is 39.2 Å². The van der Waals surface area contributed by atoms with Crippen LogP contribution in [-0.4, -0.2) is 43.8 Å². The summed E-state index contributed by atoms with van der Waals surface area (Å²) in [5, 5.41) is 3.21. The number of piperidine rings is 1. The summed E-state index contributed by atoms with van der Waals surface area (Å²) in [7, 11) is -3.62. The molecule has 3 rings (SSSR count). The van der Waals surface area contributed by atoms with E-state index in [2.05, 4.69) is 5.32 Å². The maximum Gasteiger partial charge on any atom is 0.309 e. The molecule has 1 N–H and O–H groups in total. The van der Waals surface area contributed by atoms with Gasteiger partial charge in [-0.2, -0.15) is 4.31 Å². The largest absolute Gasteiger partial charge is 0.452 e. The molecule has 1 aliphatic rings. The highest BCUT2D eigenvalue weighted by molar-refractivity contribution is 7.89. The zero-order valence-electron chi connectivity index (χ0n) is 19.2. The Morgan fingerprint density at radius 3 is 2.30 bits per heavy atom. The molecule has 0 saturated carbocycles. The average Bonchev–Trinajstić information content (AvgIpc) is 2.78. The summed E-state index contributed by atoms with van der Waals surface area (Å²) >= 11 is 5.98. The van der Waals surface area contributed by atoms with Crippen molar-refractivity contribution in [2.75, 3.05) is 18.4 Å². The fourth-order valence-corrected chi connectivity index (χ4v) is 5.37. The minimum atomic E-state index is -3.62. The molecular weight excluding hydrogens is 464 g/mol. The van der Waals surface area contributed by atoms with Crippen LogP contribution in [0.1, 0.15) is 36.5 Å². The molecule has 0 aliphatic carbocycles. The van der Waals surface area contributed by atoms with Gasteiger partial charge < -0.3 is 10.1 Å². The summed E-state index contributed by atoms with van der Waals surface area (Å²) < 4.78 is 32.7. The predicted molar refractivity (Wildman–Crippen MR) is 128 cm³/mol. The zero-order valence-corrected chi connectivity index (χ0v) is 20.8. The molecule has 0 spiro atoms. The number of sulfonamides is 1. The van der Waals surface area contributed by atoms with Crippen LogP contribution in [0.3, 0.4) is 0 Å². The topological polar surface area (TPSA) is 92.8 Å². The first kappa shape index (κ1) is 25.2. The number of carbonyl (C=O) groups excluding carboxylic acids is 2. The highest BCUT2D eigenvalue weighted by Gasteiger charge is 2.34. The Labute approximate surface area is 200 Å². The quantitative estimate of drug-likeness (QED) is 0.609. The molecule has 33 heavy (non-hydrogen) atoms. The normalized spacial score (nSPS) is 16.3. The maximum absolute atomic E-state index is 13.0. The number of hydrogen-bond acceptors (Lipinski definition) is 5. The molecule has 1 unspecified atom stereocenters. The number of amides is 1. The van der Waals surface area contributed by atoms with E-state index < -0.39 is 33.9 Å². The Bertz CT molecular complexity index is 1160. The molecule has 0 bridgehead atoms. The van der Waals surface area contributed by atoms with Gasteiger partial charge in [0.15, 0.2) is 6.10 Å². The summed E-state index contributed by atoms with van der Waals surface area (Å²) in [6, 6.07) is 10.2. The number of benzene rings is 2. The Kier molecular flexibility index (Phi) is 7.82. The van der Waals surface area contributed by atoms with Crippen molar-refractivity contribution in [1.29, 1.82) is 0 Å². The summed E-state index contributed by atoms with van der Waals surface area (Å²) in [5.74, 6) is -1.41. The number of ether oxygens (including phenoxy) is 1. The Morgan fingerprint density at radius 1 is 1.03 bits per heavy atom. The SMILES string of the molecule is Cc1ccc(S(=O)(=O)N2CCC(C(=O)OC(C)C(=O)Nc3cc(Cl)ccc3C)CC2)cc1C. The van der Waals surface area contributed by atoms with E-state index in [1.54, 1.807) is 36.4 Å². The molecule has 0 aromatic heterocycles. The van der Waals surface area contributed by atoms with Gasteiger partial charge in [0, 0.05) is 23.8 Å². The Balaban J connectivity index is 1.56. The van der Waals surface area contributed by atoms with E-state index in [0.29, 0.717) is 23.6 Å². The van der Waals surface area contributed by atoms with Crippen molar-refractivity contribution in [2.45, 2.75) is 51.5 Å². The van der Waals surface area contributed by atoms with E-state index >= 15 is 0 Å². The van der Waals surface area contributed by atoms with Crippen LogP contribution in [0.2, 0.25) is 5.02 Å². The van der Waals surface area contributed by atoms with Crippen LogP contribution in [0.4, 0.5) is 5.69 Å². The van der Waals surface area contributed by atoms with Crippen molar-refractivity contribution in [1.82, 2.24) is 4.31 Å². The number of nitrogens with one attached hydrogen (secondary N) is 1. The van der Waals surface area contributed by atoms with Crippen LogP contribution in [0.15, 0.2) is 41.3 Å². The van der Waals surface area contributed by atoms with Gasteiger partial charge in [-0.15, -0.1) is 0 Å². The summed E-state index contributed by atoms with van der Waals surface area (Å²) in [4.78, 5) is 25.3. The molecule has 1 heterocycles. The van der Waals surface area contributed by atoms with Crippen LogP contribution in [-0.2, 0) is 24.3 Å². The van der Waals surface area contributed by atoms with E-state index in [1.165, 1.54) is 11.2 Å². The molecule has 2 aromatic rings. The highest BCUT2D eigenvalue weighted by Crippen LogP contribution is 2.26. The lowest BCUT2D eigenvalue weighted by Crippen LogP contribution is -2.41. The van der Waals surface area contributed by atoms with Crippen LogP contribution in [0, 0.1) is 26.7 Å². The zero-order chi connectivity index (χ0) is 24.3. The number of halogens is 1. The first-order valence-corrected chi connectivity index (χ1v) is 12.7.